The molecule has 3 aromatic rings. The second-order valence-electron chi connectivity index (χ2n) is 5.83. The van der Waals surface area contributed by atoms with E-state index < -0.39 is 29.1 Å². The lowest BCUT2D eigenvalue weighted by atomic mass is 10.1. The molecule has 0 spiro atoms. The molecule has 29 heavy (non-hydrogen) atoms. The molecule has 0 aliphatic carbocycles. The quantitative estimate of drug-likeness (QED) is 0.591. The van der Waals surface area contributed by atoms with Crippen LogP contribution in [0, 0.1) is 6.92 Å². The van der Waals surface area contributed by atoms with Gasteiger partial charge >= 0.3 is 11.8 Å². The number of aromatic nitrogens is 2. The monoisotopic (exact) mass is 442 g/mol. The molecule has 0 saturated carbocycles. The molecule has 0 fully saturated rings. The third kappa shape index (κ3) is 4.57. The molecule has 150 valence electrons. The zero-order valence-electron chi connectivity index (χ0n) is 14.6. The van der Waals surface area contributed by atoms with E-state index in [4.69, 9.17) is 33.4 Å². The number of rotatable bonds is 3. The Morgan fingerprint density at radius 1 is 1.31 bits per heavy atom. The fraction of sp³-hybridized carbons (Fsp3) is 0.111. The first-order valence-electron chi connectivity index (χ1n) is 7.91. The highest BCUT2D eigenvalue weighted by molar-refractivity contribution is 6.33. The minimum absolute atomic E-state index is 0.0649. The summed E-state index contributed by atoms with van der Waals surface area (Å²) in [6.07, 6.45) is -3.00. The molecule has 3 rings (SSSR count). The van der Waals surface area contributed by atoms with Crippen LogP contribution < -0.4 is 11.4 Å². The second-order valence-corrected chi connectivity index (χ2v) is 6.67. The summed E-state index contributed by atoms with van der Waals surface area (Å²) in [6, 6.07) is 5.85. The van der Waals surface area contributed by atoms with Gasteiger partial charge < -0.3 is 10.2 Å². The first kappa shape index (κ1) is 20.8. The van der Waals surface area contributed by atoms with Crippen molar-refractivity contribution in [3.05, 3.63) is 74.2 Å². The van der Waals surface area contributed by atoms with Crippen LogP contribution in [0.15, 0.2) is 56.4 Å². The Hall–Kier alpha value is -2.91. The van der Waals surface area contributed by atoms with E-state index in [1.54, 1.807) is 13.0 Å². The van der Waals surface area contributed by atoms with Crippen molar-refractivity contribution in [3.63, 3.8) is 0 Å². The van der Waals surface area contributed by atoms with Crippen molar-refractivity contribution in [2.45, 2.75) is 13.1 Å². The number of pyridine rings is 1. The Balaban J connectivity index is 2.30. The maximum atomic E-state index is 13.0. The number of alkyl halides is 3. The highest BCUT2D eigenvalue weighted by Gasteiger charge is 2.32. The number of aryl methyl sites for hydroxylation is 1. The second kappa shape index (κ2) is 7.84. The Morgan fingerprint density at radius 2 is 2.03 bits per heavy atom. The van der Waals surface area contributed by atoms with Crippen molar-refractivity contribution >= 4 is 45.6 Å². The summed E-state index contributed by atoms with van der Waals surface area (Å²) in [6.45, 7) is 1.64. The fourth-order valence-corrected chi connectivity index (χ4v) is 2.80. The predicted molar refractivity (Wildman–Crippen MR) is 104 cm³/mol. The van der Waals surface area contributed by atoms with Gasteiger partial charge in [-0.25, -0.2) is 19.8 Å². The molecular weight excluding hydrogens is 432 g/mol. The van der Waals surface area contributed by atoms with Gasteiger partial charge in [0.1, 0.15) is 11.4 Å². The van der Waals surface area contributed by atoms with Crippen LogP contribution in [-0.4, -0.2) is 21.9 Å². The zero-order chi connectivity index (χ0) is 21.3. The zero-order valence-corrected chi connectivity index (χ0v) is 16.1. The third-order valence-corrected chi connectivity index (χ3v) is 4.21. The molecule has 0 amide bonds. The highest BCUT2D eigenvalue weighted by Crippen LogP contribution is 2.26. The summed E-state index contributed by atoms with van der Waals surface area (Å²) in [7, 11) is 0. The maximum absolute atomic E-state index is 13.0. The summed E-state index contributed by atoms with van der Waals surface area (Å²) in [5.74, 6) is -0.588. The lowest BCUT2D eigenvalue weighted by Gasteiger charge is -2.08. The van der Waals surface area contributed by atoms with Crippen molar-refractivity contribution in [1.82, 2.24) is 9.97 Å². The molecular formula is C18H11Cl2F3N4O2. The van der Waals surface area contributed by atoms with E-state index in [1.807, 2.05) is 0 Å². The van der Waals surface area contributed by atoms with E-state index in [0.29, 0.717) is 11.6 Å². The van der Waals surface area contributed by atoms with Gasteiger partial charge in [-0.15, -0.1) is 0 Å². The van der Waals surface area contributed by atoms with Crippen LogP contribution in [-0.2, 0) is 0 Å². The van der Waals surface area contributed by atoms with Crippen LogP contribution in [0.5, 0.6) is 0 Å². The number of allylic oxidation sites excluding steroid dienone is 2. The van der Waals surface area contributed by atoms with E-state index >= 15 is 0 Å². The lowest BCUT2D eigenvalue weighted by molar-refractivity contribution is -0.0925. The van der Waals surface area contributed by atoms with Crippen LogP contribution in [0.1, 0.15) is 11.5 Å². The van der Waals surface area contributed by atoms with Gasteiger partial charge in [-0.1, -0.05) is 23.2 Å². The third-order valence-electron chi connectivity index (χ3n) is 3.69. The summed E-state index contributed by atoms with van der Waals surface area (Å²) in [4.78, 5) is 24.4. The topological polar surface area (TPSA) is 94.4 Å². The van der Waals surface area contributed by atoms with Gasteiger partial charge in [0, 0.05) is 11.2 Å². The number of benzene rings is 1. The highest BCUT2D eigenvalue weighted by atomic mass is 35.5. The average Bonchev–Trinajstić information content (AvgIpc) is 2.62. The Bertz CT molecular complexity index is 1220. The van der Waals surface area contributed by atoms with Crippen LogP contribution in [0.4, 0.5) is 19.0 Å². The molecule has 0 bridgehead atoms. The number of nitrogens with two attached hydrogens (primary N) is 1. The van der Waals surface area contributed by atoms with Crippen molar-refractivity contribution in [3.8, 4) is 0 Å². The SMILES string of the molecule is Cc1cc(Cl)cc2c(=O)oc(C(C=C(N)C(F)(F)F)=Nc3ncccc3Cl)nc12. The fourth-order valence-electron chi connectivity index (χ4n) is 2.36. The Kier molecular flexibility index (Phi) is 5.63. The van der Waals surface area contributed by atoms with E-state index in [9.17, 15) is 18.0 Å². The van der Waals surface area contributed by atoms with Crippen molar-refractivity contribution < 1.29 is 17.6 Å². The Labute approximate surface area is 171 Å². The van der Waals surface area contributed by atoms with E-state index in [0.717, 1.165) is 0 Å². The number of aliphatic imine (C=N–C) groups is 1. The van der Waals surface area contributed by atoms with E-state index in [2.05, 4.69) is 15.0 Å². The van der Waals surface area contributed by atoms with E-state index in [-0.39, 0.29) is 26.8 Å². The number of fused-ring (bicyclic) bond motifs is 1. The van der Waals surface area contributed by atoms with Gasteiger partial charge in [0.2, 0.25) is 5.89 Å². The first-order chi connectivity index (χ1) is 13.6. The largest absolute Gasteiger partial charge is 0.430 e. The minimum atomic E-state index is -4.84. The Morgan fingerprint density at radius 3 is 2.69 bits per heavy atom. The molecule has 0 radical (unpaired) electrons. The van der Waals surface area contributed by atoms with Gasteiger partial charge in [0.15, 0.2) is 5.82 Å². The summed E-state index contributed by atoms with van der Waals surface area (Å²) >= 11 is 11.9. The molecule has 2 N–H and O–H groups in total. The standard InChI is InChI=1S/C18H11Cl2F3N4O2/c1-8-5-9(19)6-10-14(8)27-16(29-17(10)28)12(7-13(24)18(21,22)23)26-15-11(20)3-2-4-25-15/h2-7H,24H2,1H3. The normalized spacial score (nSPS) is 13.2. The van der Waals surface area contributed by atoms with Crippen molar-refractivity contribution in [1.29, 1.82) is 0 Å². The molecule has 1 aromatic carbocycles. The molecule has 11 heteroatoms. The summed E-state index contributed by atoms with van der Waals surface area (Å²) in [5.41, 5.74) is 3.03. The van der Waals surface area contributed by atoms with Crippen molar-refractivity contribution in [2.75, 3.05) is 0 Å². The van der Waals surface area contributed by atoms with Gasteiger partial charge in [-0.2, -0.15) is 13.2 Å². The summed E-state index contributed by atoms with van der Waals surface area (Å²) in [5, 5.41) is 0.420. The van der Waals surface area contributed by atoms with Crippen LogP contribution in [0.3, 0.4) is 0 Å². The molecule has 6 nitrogen and oxygen atoms in total. The molecule has 0 aliphatic heterocycles. The van der Waals surface area contributed by atoms with Crippen LogP contribution >= 0.6 is 23.2 Å². The molecule has 2 aromatic heterocycles. The van der Waals surface area contributed by atoms with Gasteiger partial charge in [0.05, 0.1) is 15.9 Å². The minimum Gasteiger partial charge on any atom is -0.401 e. The molecule has 0 unspecified atom stereocenters. The number of hydrogen-bond donors (Lipinski definition) is 1. The first-order valence-corrected chi connectivity index (χ1v) is 8.67. The maximum Gasteiger partial charge on any atom is 0.430 e. The van der Waals surface area contributed by atoms with Gasteiger partial charge in [-0.05, 0) is 42.8 Å². The molecule has 0 saturated heterocycles. The van der Waals surface area contributed by atoms with Gasteiger partial charge in [0.25, 0.3) is 0 Å². The molecule has 0 atom stereocenters. The average molecular weight is 443 g/mol. The van der Waals surface area contributed by atoms with Crippen LogP contribution in [0.2, 0.25) is 10.0 Å². The molecule has 2 heterocycles. The summed E-state index contributed by atoms with van der Waals surface area (Å²) < 4.78 is 44.0. The number of nitrogens with zero attached hydrogens (tertiary/aromatic N) is 3. The van der Waals surface area contributed by atoms with Gasteiger partial charge in [-0.3, -0.25) is 0 Å². The number of hydrogen-bond acceptors (Lipinski definition) is 6. The van der Waals surface area contributed by atoms with E-state index in [1.165, 1.54) is 24.4 Å². The number of halogens is 5. The smallest absolute Gasteiger partial charge is 0.401 e. The van der Waals surface area contributed by atoms with Crippen LogP contribution in [0.25, 0.3) is 10.9 Å². The lowest BCUT2D eigenvalue weighted by Crippen LogP contribution is -2.21. The van der Waals surface area contributed by atoms with Crippen molar-refractivity contribution in [2.24, 2.45) is 10.7 Å². The molecule has 0 aliphatic rings. The predicted octanol–water partition coefficient (Wildman–Crippen LogP) is 4.72.